The second-order valence-electron chi connectivity index (χ2n) is 5.54. The van der Waals surface area contributed by atoms with Crippen LogP contribution in [0.15, 0.2) is 0 Å². The first-order valence-electron chi connectivity index (χ1n) is 8.88. The van der Waals surface area contributed by atoms with Gasteiger partial charge in [0.15, 0.2) is 0 Å². The zero-order valence-corrected chi connectivity index (χ0v) is 16.3. The van der Waals surface area contributed by atoms with Crippen molar-refractivity contribution >= 4 is 33.4 Å². The molecular formula is C16H34N4O2S2. The molecule has 0 aliphatic carbocycles. The van der Waals surface area contributed by atoms with Crippen molar-refractivity contribution in [3.8, 4) is 0 Å². The summed E-state index contributed by atoms with van der Waals surface area (Å²) in [6, 6.07) is 0. The molecule has 2 amide bonds. The molecule has 0 aromatic carbocycles. The van der Waals surface area contributed by atoms with Gasteiger partial charge in [-0.15, -0.1) is 0 Å². The number of hydrogen-bond acceptors (Lipinski definition) is 6. The van der Waals surface area contributed by atoms with Crippen LogP contribution in [0.4, 0.5) is 0 Å². The quantitative estimate of drug-likeness (QED) is 0.226. The van der Waals surface area contributed by atoms with Gasteiger partial charge in [0, 0.05) is 37.4 Å². The van der Waals surface area contributed by atoms with Gasteiger partial charge in [-0.2, -0.15) is 0 Å². The lowest BCUT2D eigenvalue weighted by atomic mass is 10.2. The van der Waals surface area contributed by atoms with E-state index in [1.165, 1.54) is 0 Å². The third kappa shape index (κ3) is 17.9. The number of hydrogen-bond donors (Lipinski definition) is 4. The fraction of sp³-hybridized carbons (Fsp3) is 0.875. The Balaban J connectivity index is 3.24. The Kier molecular flexibility index (Phi) is 18.5. The van der Waals surface area contributed by atoms with Crippen molar-refractivity contribution < 1.29 is 9.59 Å². The predicted octanol–water partition coefficient (Wildman–Crippen LogP) is 1.64. The summed E-state index contributed by atoms with van der Waals surface area (Å²) in [7, 11) is 3.45. The van der Waals surface area contributed by atoms with Crippen LogP contribution in [-0.4, -0.2) is 49.5 Å². The fourth-order valence-electron chi connectivity index (χ4n) is 1.97. The molecule has 0 heterocycles. The molecule has 0 fully saturated rings. The second kappa shape index (κ2) is 18.9. The van der Waals surface area contributed by atoms with Crippen LogP contribution in [0.5, 0.6) is 0 Å². The van der Waals surface area contributed by atoms with E-state index in [4.69, 9.17) is 11.5 Å². The maximum atomic E-state index is 11.5. The number of carbonyl (C=O) groups excluding carboxylic acids is 2. The SMILES string of the molecule is NCCCCCC(=O)NCCSSCCNC(=O)CCCCCN. The number of carbonyl (C=O) groups is 2. The number of nitrogens with one attached hydrogen (secondary N) is 2. The van der Waals surface area contributed by atoms with Crippen LogP contribution in [0, 0.1) is 0 Å². The van der Waals surface area contributed by atoms with Crippen molar-refractivity contribution in [2.75, 3.05) is 37.7 Å². The lowest BCUT2D eigenvalue weighted by Crippen LogP contribution is -2.26. The largest absolute Gasteiger partial charge is 0.355 e. The molecule has 0 aliphatic rings. The molecule has 0 bridgehead atoms. The van der Waals surface area contributed by atoms with Gasteiger partial charge in [-0.25, -0.2) is 0 Å². The highest BCUT2D eigenvalue weighted by atomic mass is 33.1. The van der Waals surface area contributed by atoms with E-state index in [1.54, 1.807) is 21.6 Å². The minimum Gasteiger partial charge on any atom is -0.355 e. The molecule has 6 N–H and O–H groups in total. The molecule has 24 heavy (non-hydrogen) atoms. The lowest BCUT2D eigenvalue weighted by molar-refractivity contribution is -0.121. The van der Waals surface area contributed by atoms with Crippen molar-refractivity contribution in [3.05, 3.63) is 0 Å². The van der Waals surface area contributed by atoms with Crippen LogP contribution in [0.1, 0.15) is 51.4 Å². The van der Waals surface area contributed by atoms with Gasteiger partial charge in [0.1, 0.15) is 0 Å². The first-order valence-corrected chi connectivity index (χ1v) is 11.4. The zero-order valence-electron chi connectivity index (χ0n) is 14.7. The van der Waals surface area contributed by atoms with Gasteiger partial charge in [0.05, 0.1) is 0 Å². The number of rotatable bonds is 17. The maximum Gasteiger partial charge on any atom is 0.220 e. The van der Waals surface area contributed by atoms with E-state index in [0.717, 1.165) is 50.0 Å². The van der Waals surface area contributed by atoms with Crippen molar-refractivity contribution in [2.45, 2.75) is 51.4 Å². The summed E-state index contributed by atoms with van der Waals surface area (Å²) >= 11 is 0. The molecule has 0 saturated heterocycles. The Hall–Kier alpha value is -0.440. The molecule has 142 valence electrons. The average Bonchev–Trinajstić information content (AvgIpc) is 2.58. The Morgan fingerprint density at radius 2 is 1.08 bits per heavy atom. The molecule has 6 nitrogen and oxygen atoms in total. The number of amides is 2. The van der Waals surface area contributed by atoms with Crippen LogP contribution in [0.3, 0.4) is 0 Å². The van der Waals surface area contributed by atoms with E-state index in [9.17, 15) is 9.59 Å². The molecule has 0 rings (SSSR count). The Bertz CT molecular complexity index is 290. The van der Waals surface area contributed by atoms with Crippen LogP contribution in [0.25, 0.3) is 0 Å². The summed E-state index contributed by atoms with van der Waals surface area (Å²) in [5.74, 6) is 2.01. The lowest BCUT2D eigenvalue weighted by Gasteiger charge is -2.06. The van der Waals surface area contributed by atoms with Crippen molar-refractivity contribution in [1.82, 2.24) is 10.6 Å². The van der Waals surface area contributed by atoms with Crippen LogP contribution in [0.2, 0.25) is 0 Å². The second-order valence-corrected chi connectivity index (χ2v) is 8.24. The molecular weight excluding hydrogens is 344 g/mol. The van der Waals surface area contributed by atoms with E-state index in [1.807, 2.05) is 0 Å². The summed E-state index contributed by atoms with van der Waals surface area (Å²) in [5.41, 5.74) is 10.8. The average molecular weight is 379 g/mol. The smallest absolute Gasteiger partial charge is 0.220 e. The van der Waals surface area contributed by atoms with Gasteiger partial charge in [-0.1, -0.05) is 34.4 Å². The third-order valence-corrected chi connectivity index (χ3v) is 5.72. The van der Waals surface area contributed by atoms with Gasteiger partial charge in [0.2, 0.25) is 11.8 Å². The molecule has 8 heteroatoms. The first-order chi connectivity index (χ1) is 11.7. The first kappa shape index (κ1) is 23.6. The summed E-state index contributed by atoms with van der Waals surface area (Å²) in [6.45, 7) is 2.79. The molecule has 0 saturated carbocycles. The zero-order chi connectivity index (χ0) is 17.9. The minimum atomic E-state index is 0.125. The number of nitrogens with two attached hydrogens (primary N) is 2. The third-order valence-electron chi connectivity index (χ3n) is 3.31. The van der Waals surface area contributed by atoms with E-state index in [2.05, 4.69) is 10.6 Å². The number of unbranched alkanes of at least 4 members (excludes halogenated alkanes) is 4. The highest BCUT2D eigenvalue weighted by molar-refractivity contribution is 8.76. The van der Waals surface area contributed by atoms with Gasteiger partial charge < -0.3 is 22.1 Å². The standard InChI is InChI=1S/C16H34N4O2S2/c17-9-5-1-3-7-15(21)19-11-13-23-24-14-12-20-16(22)8-4-2-6-10-18/h1-14,17-18H2,(H,19,21)(H,20,22). The van der Waals surface area contributed by atoms with Crippen LogP contribution >= 0.6 is 21.6 Å². The molecule has 0 aromatic rings. The van der Waals surface area contributed by atoms with Crippen LogP contribution in [-0.2, 0) is 9.59 Å². The van der Waals surface area contributed by atoms with Crippen molar-refractivity contribution in [3.63, 3.8) is 0 Å². The highest BCUT2D eigenvalue weighted by Crippen LogP contribution is 2.19. The van der Waals surface area contributed by atoms with Crippen molar-refractivity contribution in [2.24, 2.45) is 11.5 Å². The fourth-order valence-corrected chi connectivity index (χ4v) is 3.79. The molecule has 0 spiro atoms. The molecule has 0 radical (unpaired) electrons. The monoisotopic (exact) mass is 378 g/mol. The Labute approximate surface area is 154 Å². The van der Waals surface area contributed by atoms with E-state index in [-0.39, 0.29) is 11.8 Å². The summed E-state index contributed by atoms with van der Waals surface area (Å²) < 4.78 is 0. The van der Waals surface area contributed by atoms with Crippen molar-refractivity contribution in [1.29, 1.82) is 0 Å². The minimum absolute atomic E-state index is 0.125. The Morgan fingerprint density at radius 1 is 0.667 bits per heavy atom. The molecule has 0 aromatic heterocycles. The van der Waals surface area contributed by atoms with E-state index < -0.39 is 0 Å². The summed E-state index contributed by atoms with van der Waals surface area (Å²) in [6.07, 6.45) is 7.03. The van der Waals surface area contributed by atoms with Gasteiger partial charge in [0.25, 0.3) is 0 Å². The summed E-state index contributed by atoms with van der Waals surface area (Å²) in [4.78, 5) is 23.1. The van der Waals surface area contributed by atoms with E-state index in [0.29, 0.717) is 39.0 Å². The normalized spacial score (nSPS) is 10.6. The van der Waals surface area contributed by atoms with Gasteiger partial charge >= 0.3 is 0 Å². The Morgan fingerprint density at radius 3 is 1.46 bits per heavy atom. The highest BCUT2D eigenvalue weighted by Gasteiger charge is 2.01. The van der Waals surface area contributed by atoms with E-state index >= 15 is 0 Å². The molecule has 0 atom stereocenters. The van der Waals surface area contributed by atoms with Gasteiger partial charge in [-0.05, 0) is 38.8 Å². The maximum absolute atomic E-state index is 11.5. The van der Waals surface area contributed by atoms with Crippen LogP contribution < -0.4 is 22.1 Å². The molecule has 0 unspecified atom stereocenters. The summed E-state index contributed by atoms with van der Waals surface area (Å²) in [5, 5.41) is 5.84. The molecule has 0 aliphatic heterocycles. The topological polar surface area (TPSA) is 110 Å². The van der Waals surface area contributed by atoms with Gasteiger partial charge in [-0.3, -0.25) is 9.59 Å². The predicted molar refractivity (Wildman–Crippen MR) is 106 cm³/mol.